The zero-order valence-corrected chi connectivity index (χ0v) is 30.4. The molecule has 6 unspecified atom stereocenters. The van der Waals surface area contributed by atoms with Crippen molar-refractivity contribution in [2.75, 3.05) is 12.5 Å². The molecule has 4 amide bonds. The van der Waals surface area contributed by atoms with Crippen LogP contribution in [0.2, 0.25) is 10.0 Å². The number of anilines is 1. The zero-order chi connectivity index (χ0) is 39.0. The van der Waals surface area contributed by atoms with Crippen molar-refractivity contribution in [3.05, 3.63) is 129 Å². The molecule has 8 rings (SSSR count). The number of aromatic nitrogens is 1. The number of hydrogen-bond donors (Lipinski definition) is 2. The average molecular weight is 792 g/mol. The van der Waals surface area contributed by atoms with E-state index in [1.807, 2.05) is 36.4 Å². The third-order valence-electron chi connectivity index (χ3n) is 11.4. The van der Waals surface area contributed by atoms with Gasteiger partial charge in [-0.15, -0.1) is 0 Å². The maximum atomic E-state index is 15.3. The first-order valence-corrected chi connectivity index (χ1v) is 18.1. The molecule has 3 fully saturated rings. The number of phenolic OH excluding ortho intramolecular Hbond substituents is 1. The number of hydrogen-bond acceptors (Lipinski definition) is 8. The van der Waals surface area contributed by atoms with Crippen molar-refractivity contribution in [3.63, 3.8) is 0 Å². The SMILES string of the molecule is COc1cccc(O)c1C1C2=CCC3C(=O)N(Cc4ccccc4)C(=O)C3C2CC2C(=O)N(Nc3ncc(C(F)(F)F)cc3Cl)C(=O)C21c1ccc(Cl)cc1. The number of hydrazine groups is 1. The molecule has 3 heterocycles. The van der Waals surface area contributed by atoms with Gasteiger partial charge in [0.05, 0.1) is 47.4 Å². The second-order valence-electron chi connectivity index (χ2n) is 14.1. The molecule has 4 aromatic rings. The number of alkyl halides is 3. The van der Waals surface area contributed by atoms with Crippen LogP contribution >= 0.6 is 23.2 Å². The van der Waals surface area contributed by atoms with E-state index in [4.69, 9.17) is 27.9 Å². The summed E-state index contributed by atoms with van der Waals surface area (Å²) in [5, 5.41) is 12.2. The topological polar surface area (TPSA) is 129 Å². The van der Waals surface area contributed by atoms with Crippen LogP contribution < -0.4 is 10.2 Å². The van der Waals surface area contributed by atoms with E-state index in [2.05, 4.69) is 10.4 Å². The molecule has 10 nitrogen and oxygen atoms in total. The second-order valence-corrected chi connectivity index (χ2v) is 14.9. The number of halogens is 5. The maximum absolute atomic E-state index is 15.3. The predicted octanol–water partition coefficient (Wildman–Crippen LogP) is 7.31. The number of aromatic hydroxyl groups is 1. The molecule has 4 aliphatic rings. The first kappa shape index (κ1) is 36.6. The number of allylic oxidation sites excluding steroid dienone is 2. The summed E-state index contributed by atoms with van der Waals surface area (Å²) < 4.78 is 46.2. The molecule has 0 spiro atoms. The van der Waals surface area contributed by atoms with Gasteiger partial charge in [0.2, 0.25) is 11.8 Å². The van der Waals surface area contributed by atoms with Gasteiger partial charge >= 0.3 is 6.18 Å². The fraction of sp³-hybridized carbons (Fsp3) is 0.275. The highest BCUT2D eigenvalue weighted by Crippen LogP contribution is 2.66. The van der Waals surface area contributed by atoms with Gasteiger partial charge in [-0.1, -0.05) is 83.4 Å². The highest BCUT2D eigenvalue weighted by molar-refractivity contribution is 6.33. The number of rotatable bonds is 7. The van der Waals surface area contributed by atoms with Crippen LogP contribution in [0.15, 0.2) is 96.7 Å². The molecule has 55 heavy (non-hydrogen) atoms. The van der Waals surface area contributed by atoms with Crippen LogP contribution in [0.4, 0.5) is 19.0 Å². The van der Waals surface area contributed by atoms with Gasteiger partial charge in [0.25, 0.3) is 11.8 Å². The molecule has 2 aliphatic heterocycles. The Morgan fingerprint density at radius 3 is 2.35 bits per heavy atom. The second kappa shape index (κ2) is 13.4. The van der Waals surface area contributed by atoms with Crippen LogP contribution in [0.5, 0.6) is 11.5 Å². The number of carbonyl (C=O) groups is 4. The molecule has 15 heteroatoms. The standard InChI is InChI=1S/C40H31Cl2F3N4O6/c1-55-30-9-5-8-29(50)32(30)33-24-14-15-25-31(37(53)48(35(25)51)19-20-6-3-2-4-7-20)26(24)17-27-36(52)49(38(54)39(27,33)21-10-12-23(41)13-11-21)47-34-28(42)16-22(18-46-34)40(43,44)45/h2-14,16,18,25-27,31,33,50H,15,17,19H2,1H3,(H,46,47). The number of phenols is 1. The summed E-state index contributed by atoms with van der Waals surface area (Å²) in [4.78, 5) is 63.6. The molecular formula is C40H31Cl2F3N4O6. The lowest BCUT2D eigenvalue weighted by atomic mass is 9.49. The minimum atomic E-state index is -4.76. The van der Waals surface area contributed by atoms with Crippen molar-refractivity contribution < 1.29 is 42.2 Å². The normalized spacial score (nSPS) is 26.1. The summed E-state index contributed by atoms with van der Waals surface area (Å²) in [7, 11) is 1.39. The number of ether oxygens (including phenoxy) is 1. The number of methoxy groups -OCH3 is 1. The lowest BCUT2D eigenvalue weighted by Crippen LogP contribution is -2.53. The van der Waals surface area contributed by atoms with E-state index < -0.39 is 69.5 Å². The lowest BCUT2D eigenvalue weighted by Gasteiger charge is -2.50. The summed E-state index contributed by atoms with van der Waals surface area (Å²) in [6, 6.07) is 20.6. The van der Waals surface area contributed by atoms with E-state index in [9.17, 15) is 32.7 Å². The Labute approximate surface area is 322 Å². The Morgan fingerprint density at radius 1 is 0.945 bits per heavy atom. The summed E-state index contributed by atoms with van der Waals surface area (Å²) in [5.41, 5.74) is 1.45. The van der Waals surface area contributed by atoms with Gasteiger partial charge in [0, 0.05) is 22.7 Å². The van der Waals surface area contributed by atoms with Crippen LogP contribution in [-0.2, 0) is 37.3 Å². The monoisotopic (exact) mass is 790 g/mol. The molecule has 282 valence electrons. The first-order chi connectivity index (χ1) is 26.3. The minimum absolute atomic E-state index is 0.0540. The quantitative estimate of drug-likeness (QED) is 0.147. The fourth-order valence-electron chi connectivity index (χ4n) is 9.08. The Balaban J connectivity index is 1.31. The van der Waals surface area contributed by atoms with Gasteiger partial charge in [-0.25, -0.2) is 4.98 Å². The van der Waals surface area contributed by atoms with Crippen molar-refractivity contribution in [3.8, 4) is 11.5 Å². The van der Waals surface area contributed by atoms with E-state index in [-0.39, 0.29) is 48.2 Å². The Kier molecular flexibility index (Phi) is 8.92. The number of likely N-dealkylation sites (tertiary alicyclic amines) is 1. The predicted molar refractivity (Wildman–Crippen MR) is 194 cm³/mol. The van der Waals surface area contributed by atoms with Gasteiger partial charge in [-0.3, -0.25) is 29.5 Å². The first-order valence-electron chi connectivity index (χ1n) is 17.4. The van der Waals surface area contributed by atoms with Crippen molar-refractivity contribution in [1.82, 2.24) is 14.9 Å². The number of fused-ring (bicyclic) bond motifs is 4. The number of nitrogens with one attached hydrogen (secondary N) is 1. The van der Waals surface area contributed by atoms with E-state index in [0.717, 1.165) is 5.56 Å². The van der Waals surface area contributed by atoms with Crippen molar-refractivity contribution in [2.45, 2.75) is 36.9 Å². The summed E-state index contributed by atoms with van der Waals surface area (Å²) in [5.74, 6) is -7.59. The summed E-state index contributed by atoms with van der Waals surface area (Å²) >= 11 is 12.6. The highest BCUT2D eigenvalue weighted by Gasteiger charge is 2.71. The van der Waals surface area contributed by atoms with Gasteiger partial charge in [0.15, 0.2) is 5.82 Å². The van der Waals surface area contributed by atoms with E-state index in [1.165, 1.54) is 18.1 Å². The fourth-order valence-corrected chi connectivity index (χ4v) is 9.42. The largest absolute Gasteiger partial charge is 0.508 e. The number of pyridine rings is 1. The molecule has 2 saturated heterocycles. The van der Waals surface area contributed by atoms with E-state index in [0.29, 0.717) is 33.4 Å². The highest BCUT2D eigenvalue weighted by atomic mass is 35.5. The van der Waals surface area contributed by atoms with Gasteiger partial charge in [-0.05, 0) is 60.2 Å². The molecule has 2 aliphatic carbocycles. The third-order valence-corrected chi connectivity index (χ3v) is 11.9. The number of benzene rings is 3. The van der Waals surface area contributed by atoms with Crippen molar-refractivity contribution in [2.24, 2.45) is 23.7 Å². The van der Waals surface area contributed by atoms with Gasteiger partial charge < -0.3 is 9.84 Å². The zero-order valence-electron chi connectivity index (χ0n) is 28.9. The van der Waals surface area contributed by atoms with Crippen LogP contribution in [-0.4, -0.2) is 50.7 Å². The summed E-state index contributed by atoms with van der Waals surface area (Å²) in [6.07, 6.45) is -2.33. The molecule has 0 bridgehead atoms. The third kappa shape index (κ3) is 5.66. The van der Waals surface area contributed by atoms with Gasteiger partial charge in [0.1, 0.15) is 11.5 Å². The molecule has 1 saturated carbocycles. The Bertz CT molecular complexity index is 2290. The number of imide groups is 2. The van der Waals surface area contributed by atoms with E-state index in [1.54, 1.807) is 36.4 Å². The van der Waals surface area contributed by atoms with Crippen molar-refractivity contribution in [1.29, 1.82) is 0 Å². The van der Waals surface area contributed by atoms with E-state index >= 15 is 4.79 Å². The maximum Gasteiger partial charge on any atom is 0.417 e. The molecule has 2 N–H and O–H groups in total. The smallest absolute Gasteiger partial charge is 0.417 e. The molecule has 1 aromatic heterocycles. The molecule has 3 aromatic carbocycles. The lowest BCUT2D eigenvalue weighted by molar-refractivity contribution is -0.142. The van der Waals surface area contributed by atoms with Crippen LogP contribution in [0.25, 0.3) is 0 Å². The van der Waals surface area contributed by atoms with Gasteiger partial charge in [-0.2, -0.15) is 18.2 Å². The minimum Gasteiger partial charge on any atom is -0.508 e. The molecule has 0 radical (unpaired) electrons. The average Bonchev–Trinajstić information content (AvgIpc) is 3.53. The summed E-state index contributed by atoms with van der Waals surface area (Å²) in [6.45, 7) is 0.0540. The van der Waals surface area contributed by atoms with Crippen molar-refractivity contribution >= 4 is 52.6 Å². The molecule has 6 atom stereocenters. The van der Waals surface area contributed by atoms with Crippen LogP contribution in [0, 0.1) is 23.7 Å². The number of carbonyl (C=O) groups excluding carboxylic acids is 4. The van der Waals surface area contributed by atoms with Crippen LogP contribution in [0.3, 0.4) is 0 Å². The Hall–Kier alpha value is -5.40. The Morgan fingerprint density at radius 2 is 1.67 bits per heavy atom. The number of amides is 4. The van der Waals surface area contributed by atoms with Crippen LogP contribution in [0.1, 0.15) is 41.0 Å². The molecular weight excluding hydrogens is 760 g/mol. The number of nitrogens with zero attached hydrogens (tertiary/aromatic N) is 3.